The summed E-state index contributed by atoms with van der Waals surface area (Å²) in [6.07, 6.45) is 1.01. The number of nitrogens with zero attached hydrogens (tertiary/aromatic N) is 1. The minimum Gasteiger partial charge on any atom is -0.477 e. The third-order valence-electron chi connectivity index (χ3n) is 1.93. The molecular weight excluding hydrogens is 164 g/mol. The molecule has 3 heteroatoms. The van der Waals surface area contributed by atoms with E-state index < -0.39 is 0 Å². The van der Waals surface area contributed by atoms with Gasteiger partial charge in [-0.2, -0.15) is 0 Å². The average Bonchev–Trinajstić information content (AvgIpc) is 2.19. The lowest BCUT2D eigenvalue weighted by Crippen LogP contribution is -2.14. The zero-order valence-electron chi connectivity index (χ0n) is 7.36. The second kappa shape index (κ2) is 3.47. The molecule has 1 heterocycles. The van der Waals surface area contributed by atoms with Gasteiger partial charge in [-0.05, 0) is 18.2 Å². The summed E-state index contributed by atoms with van der Waals surface area (Å²) >= 11 is 0. The molecule has 0 bridgehead atoms. The van der Waals surface area contributed by atoms with Crippen LogP contribution in [0.4, 0.5) is 5.69 Å². The molecule has 2 N–H and O–H groups in total. The Balaban J connectivity index is 2.29. The van der Waals surface area contributed by atoms with E-state index in [9.17, 15) is 0 Å². The summed E-state index contributed by atoms with van der Waals surface area (Å²) < 4.78 is 5.41. The number of hydrogen-bond acceptors (Lipinski definition) is 3. The molecule has 1 aliphatic rings. The van der Waals surface area contributed by atoms with Gasteiger partial charge in [-0.15, -0.1) is 0 Å². The summed E-state index contributed by atoms with van der Waals surface area (Å²) in [5.74, 6) is 0.721. The van der Waals surface area contributed by atoms with E-state index in [4.69, 9.17) is 10.5 Å². The van der Waals surface area contributed by atoms with Gasteiger partial charge in [0.25, 0.3) is 0 Å². The Bertz CT molecular complexity index is 333. The third-order valence-corrected chi connectivity index (χ3v) is 1.93. The molecule has 0 saturated heterocycles. The predicted octanol–water partition coefficient (Wildman–Crippen LogP) is 1.44. The van der Waals surface area contributed by atoms with E-state index in [2.05, 4.69) is 4.99 Å². The highest BCUT2D eigenvalue weighted by Gasteiger charge is 2.08. The molecule has 1 aromatic carbocycles. The molecular formula is C10H12N2O. The van der Waals surface area contributed by atoms with Crippen molar-refractivity contribution in [1.29, 1.82) is 0 Å². The lowest BCUT2D eigenvalue weighted by atomic mass is 10.2. The molecule has 0 saturated carbocycles. The summed E-state index contributed by atoms with van der Waals surface area (Å²) in [5.41, 5.74) is 7.37. The minimum atomic E-state index is 0.721. The van der Waals surface area contributed by atoms with Crippen LogP contribution in [0.2, 0.25) is 0 Å². The number of anilines is 1. The first-order valence-electron chi connectivity index (χ1n) is 4.39. The quantitative estimate of drug-likeness (QED) is 0.658. The number of aliphatic imine (C=N–C) groups is 1. The molecule has 3 nitrogen and oxygen atoms in total. The Morgan fingerprint density at radius 2 is 2.31 bits per heavy atom. The standard InChI is InChI=1S/C10H12N2O/c11-9-4-1-3-8(7-9)10-12-5-2-6-13-10/h1,3-4,7H,2,5-6,11H2. The van der Waals surface area contributed by atoms with Crippen molar-refractivity contribution in [3.05, 3.63) is 29.8 Å². The Hall–Kier alpha value is -1.51. The number of nitrogens with two attached hydrogens (primary N) is 1. The molecule has 2 rings (SSSR count). The Labute approximate surface area is 77.2 Å². The molecule has 0 atom stereocenters. The van der Waals surface area contributed by atoms with Crippen molar-refractivity contribution >= 4 is 11.6 Å². The van der Waals surface area contributed by atoms with Crippen molar-refractivity contribution in [2.45, 2.75) is 6.42 Å². The van der Waals surface area contributed by atoms with E-state index >= 15 is 0 Å². The molecule has 0 spiro atoms. The number of rotatable bonds is 1. The van der Waals surface area contributed by atoms with Crippen LogP contribution in [0.25, 0.3) is 0 Å². The molecule has 0 fully saturated rings. The van der Waals surface area contributed by atoms with E-state index in [1.165, 1.54) is 0 Å². The minimum absolute atomic E-state index is 0.721. The highest BCUT2D eigenvalue weighted by atomic mass is 16.5. The molecule has 0 unspecified atom stereocenters. The average molecular weight is 176 g/mol. The molecule has 68 valence electrons. The maximum absolute atomic E-state index is 5.65. The van der Waals surface area contributed by atoms with Crippen LogP contribution in [0, 0.1) is 0 Å². The van der Waals surface area contributed by atoms with Crippen molar-refractivity contribution in [3.63, 3.8) is 0 Å². The highest BCUT2D eigenvalue weighted by Crippen LogP contribution is 2.11. The summed E-state index contributed by atoms with van der Waals surface area (Å²) in [6, 6.07) is 7.60. The highest BCUT2D eigenvalue weighted by molar-refractivity contribution is 5.95. The molecule has 1 aromatic rings. The van der Waals surface area contributed by atoms with Crippen LogP contribution in [0.5, 0.6) is 0 Å². The third kappa shape index (κ3) is 1.80. The van der Waals surface area contributed by atoms with Crippen LogP contribution in [0.15, 0.2) is 29.3 Å². The van der Waals surface area contributed by atoms with E-state index in [1.54, 1.807) is 0 Å². The molecule has 0 radical (unpaired) electrons. The van der Waals surface area contributed by atoms with Crippen LogP contribution in [-0.4, -0.2) is 19.0 Å². The van der Waals surface area contributed by atoms with Gasteiger partial charge in [0.15, 0.2) is 0 Å². The molecule has 0 aromatic heterocycles. The van der Waals surface area contributed by atoms with Crippen LogP contribution in [-0.2, 0) is 4.74 Å². The number of hydrogen-bond donors (Lipinski definition) is 1. The zero-order valence-corrected chi connectivity index (χ0v) is 7.36. The lowest BCUT2D eigenvalue weighted by Gasteiger charge is -2.13. The first-order chi connectivity index (χ1) is 6.36. The summed E-state index contributed by atoms with van der Waals surface area (Å²) in [4.78, 5) is 4.28. The van der Waals surface area contributed by atoms with Crippen molar-refractivity contribution in [2.75, 3.05) is 18.9 Å². The monoisotopic (exact) mass is 176 g/mol. The maximum Gasteiger partial charge on any atom is 0.216 e. The van der Waals surface area contributed by atoms with Crippen LogP contribution in [0.1, 0.15) is 12.0 Å². The predicted molar refractivity (Wildman–Crippen MR) is 52.8 cm³/mol. The second-order valence-electron chi connectivity index (χ2n) is 3.01. The largest absolute Gasteiger partial charge is 0.477 e. The van der Waals surface area contributed by atoms with Crippen molar-refractivity contribution in [1.82, 2.24) is 0 Å². The number of ether oxygens (including phenoxy) is 1. The number of benzene rings is 1. The van der Waals surface area contributed by atoms with Gasteiger partial charge in [-0.1, -0.05) is 6.07 Å². The number of nitrogen functional groups attached to an aromatic ring is 1. The van der Waals surface area contributed by atoms with E-state index in [-0.39, 0.29) is 0 Å². The van der Waals surface area contributed by atoms with Gasteiger partial charge in [-0.25, -0.2) is 0 Å². The van der Waals surface area contributed by atoms with Gasteiger partial charge in [0.2, 0.25) is 5.90 Å². The van der Waals surface area contributed by atoms with Gasteiger partial charge in [0, 0.05) is 24.2 Å². The summed E-state index contributed by atoms with van der Waals surface area (Å²) in [5, 5.41) is 0. The van der Waals surface area contributed by atoms with Gasteiger partial charge in [0.05, 0.1) is 6.61 Å². The van der Waals surface area contributed by atoms with Crippen molar-refractivity contribution in [3.8, 4) is 0 Å². The second-order valence-corrected chi connectivity index (χ2v) is 3.01. The first-order valence-corrected chi connectivity index (χ1v) is 4.39. The molecule has 0 aliphatic carbocycles. The maximum atomic E-state index is 5.65. The van der Waals surface area contributed by atoms with Crippen LogP contribution in [0.3, 0.4) is 0 Å². The molecule has 1 aliphatic heterocycles. The Kier molecular flexibility index (Phi) is 2.17. The normalized spacial score (nSPS) is 16.2. The SMILES string of the molecule is Nc1cccc(C2=NCCCO2)c1. The fourth-order valence-electron chi connectivity index (χ4n) is 1.31. The van der Waals surface area contributed by atoms with Crippen LogP contribution < -0.4 is 5.73 Å². The van der Waals surface area contributed by atoms with Gasteiger partial charge in [-0.3, -0.25) is 4.99 Å². The van der Waals surface area contributed by atoms with Gasteiger partial charge in [0.1, 0.15) is 0 Å². The molecule has 13 heavy (non-hydrogen) atoms. The van der Waals surface area contributed by atoms with Crippen molar-refractivity contribution < 1.29 is 4.74 Å². The Morgan fingerprint density at radius 1 is 1.38 bits per heavy atom. The summed E-state index contributed by atoms with van der Waals surface area (Å²) in [6.45, 7) is 1.61. The fourth-order valence-corrected chi connectivity index (χ4v) is 1.31. The topological polar surface area (TPSA) is 47.6 Å². The smallest absolute Gasteiger partial charge is 0.216 e. The van der Waals surface area contributed by atoms with E-state index in [1.807, 2.05) is 24.3 Å². The van der Waals surface area contributed by atoms with E-state index in [0.29, 0.717) is 0 Å². The zero-order chi connectivity index (χ0) is 9.10. The first kappa shape index (κ1) is 8.10. The lowest BCUT2D eigenvalue weighted by molar-refractivity contribution is 0.284. The van der Waals surface area contributed by atoms with E-state index in [0.717, 1.165) is 36.7 Å². The van der Waals surface area contributed by atoms with Crippen molar-refractivity contribution in [2.24, 2.45) is 4.99 Å². The molecule has 0 amide bonds. The Morgan fingerprint density at radius 3 is 3.00 bits per heavy atom. The summed E-state index contributed by atoms with van der Waals surface area (Å²) in [7, 11) is 0. The van der Waals surface area contributed by atoms with Gasteiger partial charge >= 0.3 is 0 Å². The van der Waals surface area contributed by atoms with Crippen LogP contribution >= 0.6 is 0 Å². The van der Waals surface area contributed by atoms with Gasteiger partial charge < -0.3 is 10.5 Å². The fraction of sp³-hybridized carbons (Fsp3) is 0.300.